The molecular weight excluding hydrogens is 484 g/mol. The first-order chi connectivity index (χ1) is 17.3. The standard InChI is InChI=1S/C29H22ClF2NO3/c30-22-6-3-19(4-7-22)29-33-16-28(36-29)21(9-17-10-23(31)14-24(32)11-17)13-26(35)12-20-2-1-18-5-8-25(34)15-27(18)20/h2-8,10-11,14-16,21,34H,1,9,12-13H2. The van der Waals surface area contributed by atoms with Gasteiger partial charge in [0.2, 0.25) is 5.89 Å². The van der Waals surface area contributed by atoms with Gasteiger partial charge in [0.1, 0.15) is 28.9 Å². The second-order valence-corrected chi connectivity index (χ2v) is 9.38. The van der Waals surface area contributed by atoms with Gasteiger partial charge < -0.3 is 9.52 Å². The van der Waals surface area contributed by atoms with E-state index < -0.39 is 17.6 Å². The Morgan fingerprint density at radius 2 is 1.81 bits per heavy atom. The van der Waals surface area contributed by atoms with Crippen molar-refractivity contribution in [1.29, 1.82) is 0 Å². The van der Waals surface area contributed by atoms with Crippen molar-refractivity contribution in [2.24, 2.45) is 0 Å². The number of phenols is 1. The number of aromatic hydroxyl groups is 1. The van der Waals surface area contributed by atoms with Crippen LogP contribution in [0.3, 0.4) is 0 Å². The minimum atomic E-state index is -0.679. The Balaban J connectivity index is 1.39. The average Bonchev–Trinajstić information content (AvgIpc) is 3.46. The smallest absolute Gasteiger partial charge is 0.226 e. The Kier molecular flexibility index (Phi) is 6.70. The van der Waals surface area contributed by atoms with Crippen LogP contribution in [0.25, 0.3) is 17.0 Å². The largest absolute Gasteiger partial charge is 0.508 e. The number of halogens is 3. The van der Waals surface area contributed by atoms with Crippen molar-refractivity contribution in [3.05, 3.63) is 112 Å². The fraction of sp³-hybridized carbons (Fsp3) is 0.172. The van der Waals surface area contributed by atoms with Gasteiger partial charge in [0.25, 0.3) is 0 Å². The first-order valence-corrected chi connectivity index (χ1v) is 11.9. The van der Waals surface area contributed by atoms with Crippen molar-refractivity contribution in [3.8, 4) is 17.2 Å². The average molecular weight is 506 g/mol. The Bertz CT molecular complexity index is 1440. The summed E-state index contributed by atoms with van der Waals surface area (Å²) in [6.45, 7) is 0. The van der Waals surface area contributed by atoms with Crippen LogP contribution in [-0.4, -0.2) is 15.9 Å². The molecule has 7 heteroatoms. The summed E-state index contributed by atoms with van der Waals surface area (Å²) < 4.78 is 33.7. The van der Waals surface area contributed by atoms with Crippen LogP contribution in [0.4, 0.5) is 8.78 Å². The van der Waals surface area contributed by atoms with Crippen LogP contribution in [0.1, 0.15) is 41.2 Å². The highest BCUT2D eigenvalue weighted by Gasteiger charge is 2.24. The molecule has 4 nitrogen and oxygen atoms in total. The fourth-order valence-corrected chi connectivity index (χ4v) is 4.73. The molecule has 0 spiro atoms. The van der Waals surface area contributed by atoms with Crippen LogP contribution >= 0.6 is 11.6 Å². The molecule has 0 radical (unpaired) electrons. The van der Waals surface area contributed by atoms with Gasteiger partial charge in [-0.15, -0.1) is 0 Å². The lowest BCUT2D eigenvalue weighted by atomic mass is 9.90. The first-order valence-electron chi connectivity index (χ1n) is 11.5. The molecule has 182 valence electrons. The predicted octanol–water partition coefficient (Wildman–Crippen LogP) is 7.29. The van der Waals surface area contributed by atoms with Gasteiger partial charge in [-0.3, -0.25) is 4.79 Å². The van der Waals surface area contributed by atoms with Gasteiger partial charge >= 0.3 is 0 Å². The van der Waals surface area contributed by atoms with E-state index in [1.807, 2.05) is 12.1 Å². The van der Waals surface area contributed by atoms with Crippen LogP contribution in [0, 0.1) is 11.6 Å². The fourth-order valence-electron chi connectivity index (χ4n) is 4.60. The van der Waals surface area contributed by atoms with Gasteiger partial charge in [-0.25, -0.2) is 13.8 Å². The van der Waals surface area contributed by atoms with Crippen LogP contribution in [-0.2, 0) is 17.6 Å². The topological polar surface area (TPSA) is 63.3 Å². The summed E-state index contributed by atoms with van der Waals surface area (Å²) in [6.07, 6.45) is 4.73. The first kappa shape index (κ1) is 23.9. The molecule has 36 heavy (non-hydrogen) atoms. The van der Waals surface area contributed by atoms with Gasteiger partial charge in [-0.05, 0) is 83.6 Å². The number of rotatable bonds is 8. The third-order valence-corrected chi connectivity index (χ3v) is 6.54. The summed E-state index contributed by atoms with van der Waals surface area (Å²) in [5, 5.41) is 10.4. The highest BCUT2D eigenvalue weighted by Crippen LogP contribution is 2.35. The number of carbonyl (C=O) groups is 1. The van der Waals surface area contributed by atoms with Gasteiger partial charge in [0.05, 0.1) is 6.20 Å². The molecule has 1 aliphatic carbocycles. The van der Waals surface area contributed by atoms with E-state index in [0.29, 0.717) is 28.7 Å². The molecule has 0 saturated carbocycles. The highest BCUT2D eigenvalue weighted by molar-refractivity contribution is 6.30. The number of aromatic nitrogens is 1. The number of benzene rings is 3. The Labute approximate surface area is 211 Å². The molecule has 3 aromatic carbocycles. The molecule has 0 fully saturated rings. The number of hydrogen-bond donors (Lipinski definition) is 1. The Morgan fingerprint density at radius 1 is 1.06 bits per heavy atom. The molecule has 1 unspecified atom stereocenters. The zero-order valence-corrected chi connectivity index (χ0v) is 19.9. The number of ketones is 1. The van der Waals surface area contributed by atoms with Crippen molar-refractivity contribution in [2.75, 3.05) is 0 Å². The van der Waals surface area contributed by atoms with Crippen molar-refractivity contribution >= 4 is 23.0 Å². The lowest BCUT2D eigenvalue weighted by molar-refractivity contribution is -0.118. The van der Waals surface area contributed by atoms with E-state index in [2.05, 4.69) is 4.98 Å². The summed E-state index contributed by atoms with van der Waals surface area (Å²) in [4.78, 5) is 17.5. The highest BCUT2D eigenvalue weighted by atomic mass is 35.5. The zero-order chi connectivity index (χ0) is 25.2. The molecule has 1 N–H and O–H groups in total. The second kappa shape index (κ2) is 10.1. The molecule has 0 saturated heterocycles. The van der Waals surface area contributed by atoms with E-state index in [1.165, 1.54) is 12.1 Å². The van der Waals surface area contributed by atoms with E-state index in [-0.39, 0.29) is 30.8 Å². The number of carbonyl (C=O) groups excluding carboxylic acids is 1. The van der Waals surface area contributed by atoms with E-state index in [0.717, 1.165) is 28.3 Å². The molecule has 0 amide bonds. The molecule has 1 aromatic heterocycles. The summed E-state index contributed by atoms with van der Waals surface area (Å²) >= 11 is 5.97. The van der Waals surface area contributed by atoms with E-state index in [4.69, 9.17) is 16.0 Å². The monoisotopic (exact) mass is 505 g/mol. The molecule has 5 rings (SSSR count). The molecule has 1 heterocycles. The normalized spacial score (nSPS) is 13.4. The molecule has 0 aliphatic heterocycles. The minimum Gasteiger partial charge on any atom is -0.508 e. The molecule has 0 bridgehead atoms. The lowest BCUT2D eigenvalue weighted by Crippen LogP contribution is -2.10. The van der Waals surface area contributed by atoms with Crippen molar-refractivity contribution in [2.45, 2.75) is 31.6 Å². The maximum absolute atomic E-state index is 13.9. The van der Waals surface area contributed by atoms with Gasteiger partial charge in [-0.1, -0.05) is 23.7 Å². The lowest BCUT2D eigenvalue weighted by Gasteiger charge is -2.15. The molecular formula is C29H22ClF2NO3. The van der Waals surface area contributed by atoms with Crippen LogP contribution in [0.15, 0.2) is 77.4 Å². The Morgan fingerprint density at radius 3 is 2.56 bits per heavy atom. The van der Waals surface area contributed by atoms with E-state index in [1.54, 1.807) is 42.6 Å². The number of nitrogens with zero attached hydrogens (tertiary/aromatic N) is 1. The minimum absolute atomic E-state index is 0.0521. The molecule has 4 aromatic rings. The number of hydrogen-bond acceptors (Lipinski definition) is 4. The quantitative estimate of drug-likeness (QED) is 0.273. The summed E-state index contributed by atoms with van der Waals surface area (Å²) in [7, 11) is 0. The predicted molar refractivity (Wildman–Crippen MR) is 134 cm³/mol. The van der Waals surface area contributed by atoms with Crippen LogP contribution in [0.5, 0.6) is 5.75 Å². The van der Waals surface area contributed by atoms with Crippen molar-refractivity contribution in [3.63, 3.8) is 0 Å². The number of Topliss-reactive ketones (excluding diaryl/α,β-unsaturated/α-hetero) is 1. The third kappa shape index (κ3) is 5.39. The summed E-state index contributed by atoms with van der Waals surface area (Å²) in [5.41, 5.74) is 3.94. The molecule has 1 aliphatic rings. The van der Waals surface area contributed by atoms with Crippen LogP contribution < -0.4 is 0 Å². The van der Waals surface area contributed by atoms with E-state index >= 15 is 0 Å². The van der Waals surface area contributed by atoms with Crippen molar-refractivity contribution in [1.82, 2.24) is 4.98 Å². The Hall–Kier alpha value is -3.77. The van der Waals surface area contributed by atoms with Crippen molar-refractivity contribution < 1.29 is 23.1 Å². The maximum Gasteiger partial charge on any atom is 0.226 e. The third-order valence-electron chi connectivity index (χ3n) is 6.29. The van der Waals surface area contributed by atoms with Gasteiger partial charge in [0.15, 0.2) is 0 Å². The maximum atomic E-state index is 13.9. The number of oxazole rings is 1. The summed E-state index contributed by atoms with van der Waals surface area (Å²) in [6, 6.07) is 15.5. The van der Waals surface area contributed by atoms with Gasteiger partial charge in [0, 0.05) is 35.4 Å². The van der Waals surface area contributed by atoms with E-state index in [9.17, 15) is 18.7 Å². The second-order valence-electron chi connectivity index (χ2n) is 8.95. The number of fused-ring (bicyclic) bond motifs is 1. The summed E-state index contributed by atoms with van der Waals surface area (Å²) in [5.74, 6) is -0.911. The molecule has 1 atom stereocenters. The SMILES string of the molecule is O=C(CC1=CCc2ccc(O)cc21)CC(Cc1cc(F)cc(F)c1)c1cnc(-c2ccc(Cl)cc2)o1. The number of allylic oxidation sites excluding steroid dienone is 2. The number of phenolic OH excluding ortho intramolecular Hbond substituents is 1. The van der Waals surface area contributed by atoms with Crippen LogP contribution in [0.2, 0.25) is 5.02 Å². The zero-order valence-electron chi connectivity index (χ0n) is 19.2. The van der Waals surface area contributed by atoms with Gasteiger partial charge in [-0.2, -0.15) is 0 Å².